The number of hydrogen-bond donors (Lipinski definition) is 1. The highest BCUT2D eigenvalue weighted by Gasteiger charge is 2.28. The zero-order valence-electron chi connectivity index (χ0n) is 11.4. The summed E-state index contributed by atoms with van der Waals surface area (Å²) in [6, 6.07) is 0. The lowest BCUT2D eigenvalue weighted by Crippen LogP contribution is -2.48. The van der Waals surface area contributed by atoms with Crippen molar-refractivity contribution in [2.24, 2.45) is 0 Å². The second-order valence-electron chi connectivity index (χ2n) is 4.75. The Kier molecular flexibility index (Phi) is 5.08. The van der Waals surface area contributed by atoms with Crippen LogP contribution in [0.1, 0.15) is 23.5 Å². The molecular formula is C13H18N2O4S. The number of carbonyl (C=O) groups is 2. The summed E-state index contributed by atoms with van der Waals surface area (Å²) in [6.07, 6.45) is 1.04. The van der Waals surface area contributed by atoms with Crippen LogP contribution in [0.2, 0.25) is 0 Å². The molecule has 1 N–H and O–H groups in total. The van der Waals surface area contributed by atoms with Gasteiger partial charge in [0, 0.05) is 18.3 Å². The Morgan fingerprint density at radius 3 is 3.05 bits per heavy atom. The van der Waals surface area contributed by atoms with Gasteiger partial charge in [-0.25, -0.2) is 9.78 Å². The summed E-state index contributed by atoms with van der Waals surface area (Å²) in [4.78, 5) is 28.8. The van der Waals surface area contributed by atoms with Gasteiger partial charge < -0.3 is 14.7 Å². The van der Waals surface area contributed by atoms with Crippen LogP contribution in [0.4, 0.5) is 0 Å². The number of nitrogens with zero attached hydrogens (tertiary/aromatic N) is 2. The quantitative estimate of drug-likeness (QED) is 0.880. The first-order chi connectivity index (χ1) is 9.56. The van der Waals surface area contributed by atoms with E-state index in [-0.39, 0.29) is 19.1 Å². The van der Waals surface area contributed by atoms with Crippen LogP contribution in [0.5, 0.6) is 0 Å². The summed E-state index contributed by atoms with van der Waals surface area (Å²) in [5.41, 5.74) is 1.02. The number of hydrogen-bond acceptors (Lipinski definition) is 5. The zero-order valence-corrected chi connectivity index (χ0v) is 12.2. The van der Waals surface area contributed by atoms with Crippen molar-refractivity contribution in [1.29, 1.82) is 0 Å². The van der Waals surface area contributed by atoms with Gasteiger partial charge in [0.1, 0.15) is 0 Å². The van der Waals surface area contributed by atoms with Gasteiger partial charge in [-0.15, -0.1) is 11.3 Å². The van der Waals surface area contributed by atoms with Crippen LogP contribution in [0, 0.1) is 6.92 Å². The van der Waals surface area contributed by atoms with E-state index in [2.05, 4.69) is 4.98 Å². The lowest BCUT2D eigenvalue weighted by atomic mass is 10.1. The molecule has 7 heteroatoms. The number of carbonyl (C=O) groups excluding carboxylic acids is 1. The molecule has 2 heterocycles. The summed E-state index contributed by atoms with van der Waals surface area (Å²) in [7, 11) is 0. The number of thiazole rings is 1. The van der Waals surface area contributed by atoms with E-state index < -0.39 is 12.1 Å². The molecule has 0 saturated carbocycles. The lowest BCUT2D eigenvalue weighted by Gasteiger charge is -2.30. The Hall–Kier alpha value is -1.47. The van der Waals surface area contributed by atoms with Crippen molar-refractivity contribution in [3.63, 3.8) is 0 Å². The SMILES string of the molecule is Cc1nc(CCCC(=O)N2CCOC(C(=O)O)C2)cs1. The second-order valence-corrected chi connectivity index (χ2v) is 5.81. The number of amides is 1. The van der Waals surface area contributed by atoms with Gasteiger partial charge in [0.15, 0.2) is 6.10 Å². The number of carboxylic acids is 1. The molecule has 1 unspecified atom stereocenters. The second kappa shape index (κ2) is 6.81. The van der Waals surface area contributed by atoms with E-state index in [1.807, 2.05) is 12.3 Å². The normalized spacial score (nSPS) is 19.1. The van der Waals surface area contributed by atoms with Crippen molar-refractivity contribution >= 4 is 23.2 Å². The molecule has 1 aliphatic rings. The summed E-state index contributed by atoms with van der Waals surface area (Å²) >= 11 is 1.61. The average molecular weight is 298 g/mol. The van der Waals surface area contributed by atoms with Crippen LogP contribution in [0.15, 0.2) is 5.38 Å². The summed E-state index contributed by atoms with van der Waals surface area (Å²) in [5, 5.41) is 11.9. The first-order valence-corrected chi connectivity index (χ1v) is 7.47. The molecule has 0 radical (unpaired) electrons. The summed E-state index contributed by atoms with van der Waals surface area (Å²) < 4.78 is 5.09. The number of aromatic nitrogens is 1. The minimum atomic E-state index is -1.01. The molecule has 2 rings (SSSR count). The Morgan fingerprint density at radius 1 is 1.60 bits per heavy atom. The number of morpholine rings is 1. The molecule has 6 nitrogen and oxygen atoms in total. The Labute approximate surface area is 121 Å². The van der Waals surface area contributed by atoms with E-state index >= 15 is 0 Å². The lowest BCUT2D eigenvalue weighted by molar-refractivity contribution is -0.159. The smallest absolute Gasteiger partial charge is 0.334 e. The Balaban J connectivity index is 1.75. The third-order valence-electron chi connectivity index (χ3n) is 3.18. The van der Waals surface area contributed by atoms with Gasteiger partial charge >= 0.3 is 5.97 Å². The molecule has 0 aliphatic carbocycles. The van der Waals surface area contributed by atoms with Crippen molar-refractivity contribution in [1.82, 2.24) is 9.88 Å². The van der Waals surface area contributed by atoms with E-state index in [0.29, 0.717) is 13.0 Å². The first-order valence-electron chi connectivity index (χ1n) is 6.59. The van der Waals surface area contributed by atoms with Crippen molar-refractivity contribution < 1.29 is 19.4 Å². The predicted molar refractivity (Wildman–Crippen MR) is 73.7 cm³/mol. The molecule has 1 aromatic heterocycles. The van der Waals surface area contributed by atoms with Crippen molar-refractivity contribution in [2.45, 2.75) is 32.3 Å². The Bertz CT molecular complexity index is 488. The fourth-order valence-electron chi connectivity index (χ4n) is 2.13. The molecule has 110 valence electrons. The topological polar surface area (TPSA) is 79.7 Å². The molecule has 0 bridgehead atoms. The van der Waals surface area contributed by atoms with Crippen LogP contribution in [0.25, 0.3) is 0 Å². The standard InChI is InChI=1S/C13H18N2O4S/c1-9-14-10(8-20-9)3-2-4-12(16)15-5-6-19-11(7-15)13(17)18/h8,11H,2-7H2,1H3,(H,17,18). The molecule has 0 spiro atoms. The maximum Gasteiger partial charge on any atom is 0.334 e. The van der Waals surface area contributed by atoms with E-state index in [4.69, 9.17) is 9.84 Å². The highest BCUT2D eigenvalue weighted by Crippen LogP contribution is 2.12. The number of rotatable bonds is 5. The van der Waals surface area contributed by atoms with Gasteiger partial charge in [0.05, 0.1) is 23.9 Å². The molecule has 1 aromatic rings. The molecule has 1 amide bonds. The molecular weight excluding hydrogens is 280 g/mol. The van der Waals surface area contributed by atoms with Crippen LogP contribution in [-0.2, 0) is 20.7 Å². The minimum Gasteiger partial charge on any atom is -0.479 e. The molecule has 1 aliphatic heterocycles. The van der Waals surface area contributed by atoms with Crippen LogP contribution in [0.3, 0.4) is 0 Å². The van der Waals surface area contributed by atoms with E-state index in [9.17, 15) is 9.59 Å². The van der Waals surface area contributed by atoms with Gasteiger partial charge in [-0.05, 0) is 19.8 Å². The third kappa shape index (κ3) is 4.01. The van der Waals surface area contributed by atoms with Gasteiger partial charge in [0.25, 0.3) is 0 Å². The highest BCUT2D eigenvalue weighted by atomic mass is 32.1. The number of ether oxygens (including phenoxy) is 1. The zero-order chi connectivity index (χ0) is 14.5. The van der Waals surface area contributed by atoms with Crippen molar-refractivity contribution in [2.75, 3.05) is 19.7 Å². The summed E-state index contributed by atoms with van der Waals surface area (Å²) in [6.45, 7) is 2.86. The van der Waals surface area contributed by atoms with E-state index in [1.165, 1.54) is 0 Å². The maximum absolute atomic E-state index is 12.0. The minimum absolute atomic E-state index is 0.00787. The van der Waals surface area contributed by atoms with E-state index in [0.717, 1.165) is 23.5 Å². The highest BCUT2D eigenvalue weighted by molar-refractivity contribution is 7.09. The number of aryl methyl sites for hydroxylation is 2. The van der Waals surface area contributed by atoms with Gasteiger partial charge in [-0.1, -0.05) is 0 Å². The Morgan fingerprint density at radius 2 is 2.40 bits per heavy atom. The van der Waals surface area contributed by atoms with Crippen LogP contribution < -0.4 is 0 Å². The van der Waals surface area contributed by atoms with Crippen LogP contribution in [-0.4, -0.2) is 52.7 Å². The first kappa shape index (κ1) is 14.9. The number of aliphatic carboxylic acids is 1. The molecule has 1 saturated heterocycles. The summed E-state index contributed by atoms with van der Waals surface area (Å²) in [5.74, 6) is -1.02. The van der Waals surface area contributed by atoms with Crippen molar-refractivity contribution in [3.8, 4) is 0 Å². The average Bonchev–Trinajstić information content (AvgIpc) is 2.84. The molecule has 1 fully saturated rings. The maximum atomic E-state index is 12.0. The molecule has 0 aromatic carbocycles. The third-order valence-corrected chi connectivity index (χ3v) is 4.01. The van der Waals surface area contributed by atoms with Gasteiger partial charge in [-0.3, -0.25) is 4.79 Å². The fourth-order valence-corrected chi connectivity index (χ4v) is 2.77. The fraction of sp³-hybridized carbons (Fsp3) is 0.615. The number of carboxylic acid groups (broad SMARTS) is 1. The molecule has 20 heavy (non-hydrogen) atoms. The predicted octanol–water partition coefficient (Wildman–Crippen LogP) is 1.09. The van der Waals surface area contributed by atoms with Crippen molar-refractivity contribution in [3.05, 3.63) is 16.1 Å². The van der Waals surface area contributed by atoms with Gasteiger partial charge in [0.2, 0.25) is 5.91 Å². The largest absolute Gasteiger partial charge is 0.479 e. The van der Waals surface area contributed by atoms with Crippen LogP contribution >= 0.6 is 11.3 Å². The molecule has 1 atom stereocenters. The van der Waals surface area contributed by atoms with E-state index in [1.54, 1.807) is 16.2 Å². The monoisotopic (exact) mass is 298 g/mol. The van der Waals surface area contributed by atoms with Gasteiger partial charge in [-0.2, -0.15) is 0 Å².